The van der Waals surface area contributed by atoms with E-state index in [1.807, 2.05) is 0 Å². The van der Waals surface area contributed by atoms with Crippen LogP contribution in [0.4, 0.5) is 0 Å². The Morgan fingerprint density at radius 1 is 1.27 bits per heavy atom. The van der Waals surface area contributed by atoms with Crippen LogP contribution in [0.15, 0.2) is 0 Å². The van der Waals surface area contributed by atoms with Crippen LogP contribution in [-0.4, -0.2) is 37.2 Å². The Labute approximate surface area is 70.5 Å². The van der Waals surface area contributed by atoms with Crippen molar-refractivity contribution < 1.29 is 4.74 Å². The van der Waals surface area contributed by atoms with Gasteiger partial charge in [0.1, 0.15) is 0 Å². The highest BCUT2D eigenvalue weighted by molar-refractivity contribution is 4.64. The first-order valence-electron chi connectivity index (χ1n) is 4.38. The third kappa shape index (κ3) is 4.38. The molecule has 0 heterocycles. The van der Waals surface area contributed by atoms with Crippen LogP contribution in [0.3, 0.4) is 0 Å². The predicted molar refractivity (Wildman–Crippen MR) is 48.9 cm³/mol. The van der Waals surface area contributed by atoms with E-state index in [9.17, 15) is 0 Å². The van der Waals surface area contributed by atoms with Crippen molar-refractivity contribution in [2.75, 3.05) is 20.2 Å². The number of hydrogen-bond donors (Lipinski definition) is 0. The highest BCUT2D eigenvalue weighted by Crippen LogP contribution is 2.00. The molecule has 0 fully saturated rings. The molecule has 1 unspecified atom stereocenters. The molecule has 0 bridgehead atoms. The second kappa shape index (κ2) is 5.56. The van der Waals surface area contributed by atoms with Gasteiger partial charge in [-0.25, -0.2) is 0 Å². The lowest BCUT2D eigenvalue weighted by Crippen LogP contribution is -2.36. The molecule has 0 saturated heterocycles. The van der Waals surface area contributed by atoms with E-state index in [0.29, 0.717) is 12.1 Å². The molecule has 0 aromatic rings. The minimum absolute atomic E-state index is 0.345. The Balaban J connectivity index is 3.68. The van der Waals surface area contributed by atoms with Gasteiger partial charge in [0.2, 0.25) is 0 Å². The monoisotopic (exact) mass is 159 g/mol. The summed E-state index contributed by atoms with van der Waals surface area (Å²) in [6.07, 6.45) is 0.345. The lowest BCUT2D eigenvalue weighted by Gasteiger charge is -2.27. The fraction of sp³-hybridized carbons (Fsp3) is 1.00. The second-order valence-corrected chi connectivity index (χ2v) is 3.23. The van der Waals surface area contributed by atoms with Gasteiger partial charge in [-0.2, -0.15) is 0 Å². The molecule has 0 rings (SSSR count). The first-order chi connectivity index (χ1) is 5.11. The molecular formula is C9H21NO. The maximum atomic E-state index is 5.19. The quantitative estimate of drug-likeness (QED) is 0.606. The number of ether oxygens (including phenoxy) is 1. The molecule has 0 aliphatic carbocycles. The standard InChI is InChI=1S/C9H21NO/c1-6-10(8(2)3)7-9(4)11-5/h8-9H,6-7H2,1-5H3. The molecule has 0 N–H and O–H groups in total. The second-order valence-electron chi connectivity index (χ2n) is 3.23. The summed E-state index contributed by atoms with van der Waals surface area (Å²) in [5.74, 6) is 0. The van der Waals surface area contributed by atoms with E-state index in [2.05, 4.69) is 32.6 Å². The fourth-order valence-electron chi connectivity index (χ4n) is 1.11. The summed E-state index contributed by atoms with van der Waals surface area (Å²) in [6.45, 7) is 10.8. The van der Waals surface area contributed by atoms with E-state index < -0.39 is 0 Å². The van der Waals surface area contributed by atoms with E-state index in [1.165, 1.54) is 0 Å². The van der Waals surface area contributed by atoms with Crippen LogP contribution < -0.4 is 0 Å². The molecule has 0 spiro atoms. The molecule has 68 valence electrons. The Morgan fingerprint density at radius 2 is 1.82 bits per heavy atom. The summed E-state index contributed by atoms with van der Waals surface area (Å²) in [5.41, 5.74) is 0. The molecule has 11 heavy (non-hydrogen) atoms. The molecule has 2 nitrogen and oxygen atoms in total. The molecule has 0 saturated carbocycles. The maximum absolute atomic E-state index is 5.19. The van der Waals surface area contributed by atoms with Crippen LogP contribution in [0.1, 0.15) is 27.7 Å². The molecule has 0 aliphatic heterocycles. The molecule has 0 aromatic carbocycles. The highest BCUT2D eigenvalue weighted by Gasteiger charge is 2.09. The summed E-state index contributed by atoms with van der Waals surface area (Å²) in [5, 5.41) is 0. The molecule has 0 amide bonds. The van der Waals surface area contributed by atoms with Crippen molar-refractivity contribution in [1.29, 1.82) is 0 Å². The summed E-state index contributed by atoms with van der Waals surface area (Å²) in [6, 6.07) is 0.623. The summed E-state index contributed by atoms with van der Waals surface area (Å²) >= 11 is 0. The predicted octanol–water partition coefficient (Wildman–Crippen LogP) is 1.75. The molecule has 1 atom stereocenters. The first-order valence-corrected chi connectivity index (χ1v) is 4.38. The lowest BCUT2D eigenvalue weighted by atomic mass is 10.3. The van der Waals surface area contributed by atoms with E-state index in [-0.39, 0.29) is 0 Å². The Morgan fingerprint density at radius 3 is 2.09 bits per heavy atom. The normalized spacial score (nSPS) is 14.5. The van der Waals surface area contributed by atoms with Crippen LogP contribution in [0.2, 0.25) is 0 Å². The van der Waals surface area contributed by atoms with Gasteiger partial charge in [-0.15, -0.1) is 0 Å². The number of methoxy groups -OCH3 is 1. The van der Waals surface area contributed by atoms with Crippen molar-refractivity contribution in [3.05, 3.63) is 0 Å². The summed E-state index contributed by atoms with van der Waals surface area (Å²) < 4.78 is 5.19. The Hall–Kier alpha value is -0.0800. The highest BCUT2D eigenvalue weighted by atomic mass is 16.5. The minimum atomic E-state index is 0.345. The number of hydrogen-bond acceptors (Lipinski definition) is 2. The third-order valence-electron chi connectivity index (χ3n) is 2.03. The third-order valence-corrected chi connectivity index (χ3v) is 2.03. The fourth-order valence-corrected chi connectivity index (χ4v) is 1.11. The molecule has 0 aromatic heterocycles. The van der Waals surface area contributed by atoms with Gasteiger partial charge in [0.15, 0.2) is 0 Å². The maximum Gasteiger partial charge on any atom is 0.0670 e. The van der Waals surface area contributed by atoms with Crippen molar-refractivity contribution in [1.82, 2.24) is 4.90 Å². The number of rotatable bonds is 5. The SMILES string of the molecule is CCN(CC(C)OC)C(C)C. The zero-order valence-electron chi connectivity index (χ0n) is 8.42. The van der Waals surface area contributed by atoms with Gasteiger partial charge in [-0.3, -0.25) is 4.90 Å². The zero-order chi connectivity index (χ0) is 8.85. The van der Waals surface area contributed by atoms with Gasteiger partial charge in [-0.05, 0) is 27.3 Å². The van der Waals surface area contributed by atoms with Gasteiger partial charge >= 0.3 is 0 Å². The topological polar surface area (TPSA) is 12.5 Å². The van der Waals surface area contributed by atoms with Gasteiger partial charge in [0, 0.05) is 19.7 Å². The van der Waals surface area contributed by atoms with E-state index >= 15 is 0 Å². The van der Waals surface area contributed by atoms with E-state index in [1.54, 1.807) is 7.11 Å². The first kappa shape index (κ1) is 10.9. The molecule has 0 radical (unpaired) electrons. The van der Waals surface area contributed by atoms with Gasteiger partial charge in [0.05, 0.1) is 6.10 Å². The average molecular weight is 159 g/mol. The van der Waals surface area contributed by atoms with E-state index in [4.69, 9.17) is 4.74 Å². The number of nitrogens with zero attached hydrogens (tertiary/aromatic N) is 1. The zero-order valence-corrected chi connectivity index (χ0v) is 8.42. The largest absolute Gasteiger partial charge is 0.380 e. The number of likely N-dealkylation sites (N-methyl/N-ethyl adjacent to an activating group) is 1. The van der Waals surface area contributed by atoms with Crippen molar-refractivity contribution in [2.45, 2.75) is 39.8 Å². The Bertz CT molecular complexity index is 93.6. The molecule has 2 heteroatoms. The minimum Gasteiger partial charge on any atom is -0.380 e. The van der Waals surface area contributed by atoms with Gasteiger partial charge < -0.3 is 4.74 Å². The van der Waals surface area contributed by atoms with Crippen molar-refractivity contribution in [3.63, 3.8) is 0 Å². The van der Waals surface area contributed by atoms with Crippen molar-refractivity contribution >= 4 is 0 Å². The summed E-state index contributed by atoms with van der Waals surface area (Å²) in [7, 11) is 1.76. The van der Waals surface area contributed by atoms with Crippen LogP contribution in [0, 0.1) is 0 Å². The molecular weight excluding hydrogens is 138 g/mol. The van der Waals surface area contributed by atoms with Gasteiger partial charge in [0.25, 0.3) is 0 Å². The Kier molecular flexibility index (Phi) is 5.51. The molecule has 0 aliphatic rings. The van der Waals surface area contributed by atoms with Crippen molar-refractivity contribution in [3.8, 4) is 0 Å². The van der Waals surface area contributed by atoms with Crippen LogP contribution in [0.5, 0.6) is 0 Å². The van der Waals surface area contributed by atoms with Crippen LogP contribution >= 0.6 is 0 Å². The smallest absolute Gasteiger partial charge is 0.0670 e. The summed E-state index contributed by atoms with van der Waals surface area (Å²) in [4.78, 5) is 2.40. The van der Waals surface area contributed by atoms with E-state index in [0.717, 1.165) is 13.1 Å². The van der Waals surface area contributed by atoms with Crippen LogP contribution in [-0.2, 0) is 4.74 Å². The van der Waals surface area contributed by atoms with Crippen molar-refractivity contribution in [2.24, 2.45) is 0 Å². The van der Waals surface area contributed by atoms with Gasteiger partial charge in [-0.1, -0.05) is 6.92 Å². The lowest BCUT2D eigenvalue weighted by molar-refractivity contribution is 0.0680. The average Bonchev–Trinajstić information content (AvgIpc) is 1.99. The van der Waals surface area contributed by atoms with Crippen LogP contribution in [0.25, 0.3) is 0 Å².